The topological polar surface area (TPSA) is 59.4 Å². The molecule has 0 spiro atoms. The number of hydrogen-bond acceptors (Lipinski definition) is 3. The molecule has 0 radical (unpaired) electrons. The van der Waals surface area contributed by atoms with E-state index in [2.05, 4.69) is 10.9 Å². The summed E-state index contributed by atoms with van der Waals surface area (Å²) in [6.07, 6.45) is 6.16. The van der Waals surface area contributed by atoms with E-state index in [4.69, 9.17) is 27.9 Å². The maximum atomic E-state index is 10.6. The molecule has 0 aromatic carbocycles. The van der Waals surface area contributed by atoms with Gasteiger partial charge in [0.05, 0.1) is 16.8 Å². The minimum Gasteiger partial charge on any atom is -0.478 e. The van der Waals surface area contributed by atoms with E-state index in [9.17, 15) is 4.79 Å². The Morgan fingerprint density at radius 1 is 1.79 bits per heavy atom. The lowest BCUT2D eigenvalue weighted by Crippen LogP contribution is -2.01. The molecule has 0 atom stereocenters. The third-order valence-electron chi connectivity index (χ3n) is 1.36. The maximum absolute atomic E-state index is 10.6. The number of pyridine rings is 1. The Morgan fingerprint density at radius 3 is 3.07 bits per heavy atom. The molecule has 1 heterocycles. The highest BCUT2D eigenvalue weighted by molar-refractivity contribution is 6.33. The normalized spacial score (nSPS) is 9.14. The van der Waals surface area contributed by atoms with Crippen LogP contribution in [0.1, 0.15) is 10.4 Å². The third kappa shape index (κ3) is 2.38. The monoisotopic (exact) mass is 211 g/mol. The van der Waals surface area contributed by atoms with E-state index in [1.807, 2.05) is 0 Å². The van der Waals surface area contributed by atoms with Gasteiger partial charge in [-0.1, -0.05) is 17.5 Å². The number of carboxylic acids is 1. The molecule has 1 N–H and O–H groups in total. The molecule has 1 rings (SSSR count). The predicted octanol–water partition coefficient (Wildman–Crippen LogP) is 1.45. The van der Waals surface area contributed by atoms with Crippen molar-refractivity contribution in [3.63, 3.8) is 0 Å². The minimum atomic E-state index is -1.14. The van der Waals surface area contributed by atoms with Crippen molar-refractivity contribution in [1.29, 1.82) is 0 Å². The smallest absolute Gasteiger partial charge is 0.337 e. The van der Waals surface area contributed by atoms with Gasteiger partial charge in [0.15, 0.2) is 6.61 Å². The zero-order chi connectivity index (χ0) is 10.6. The summed E-state index contributed by atoms with van der Waals surface area (Å²) in [6.45, 7) is 0.0354. The summed E-state index contributed by atoms with van der Waals surface area (Å²) in [5.41, 5.74) is -0.0614. The van der Waals surface area contributed by atoms with Gasteiger partial charge in [-0.3, -0.25) is 0 Å². The van der Waals surface area contributed by atoms with Crippen LogP contribution in [0.4, 0.5) is 0 Å². The lowest BCUT2D eigenvalue weighted by molar-refractivity contribution is 0.0696. The van der Waals surface area contributed by atoms with Crippen LogP contribution in [0.2, 0.25) is 5.02 Å². The first kappa shape index (κ1) is 10.4. The number of ether oxygens (including phenoxy) is 1. The zero-order valence-corrected chi connectivity index (χ0v) is 7.78. The molecule has 0 unspecified atom stereocenters. The van der Waals surface area contributed by atoms with E-state index in [0.717, 1.165) is 0 Å². The van der Waals surface area contributed by atoms with Crippen molar-refractivity contribution >= 4 is 17.6 Å². The number of terminal acetylenes is 1. The standard InChI is InChI=1S/C9H6ClNO3/c1-2-3-14-8-4-6(9(12)13)7(10)5-11-8/h1,4-5H,3H2,(H,12,13). The first-order valence-corrected chi connectivity index (χ1v) is 3.98. The Kier molecular flexibility index (Phi) is 3.32. The summed E-state index contributed by atoms with van der Waals surface area (Å²) in [4.78, 5) is 14.4. The predicted molar refractivity (Wildman–Crippen MR) is 50.5 cm³/mol. The Bertz CT molecular complexity index is 398. The van der Waals surface area contributed by atoms with Crippen LogP contribution in [0.25, 0.3) is 0 Å². The molecular formula is C9H6ClNO3. The Morgan fingerprint density at radius 2 is 2.50 bits per heavy atom. The Hall–Kier alpha value is -1.73. The number of aromatic nitrogens is 1. The fraction of sp³-hybridized carbons (Fsp3) is 0.111. The second kappa shape index (κ2) is 4.49. The molecule has 0 aliphatic heterocycles. The van der Waals surface area contributed by atoms with Crippen LogP contribution in [-0.2, 0) is 0 Å². The van der Waals surface area contributed by atoms with E-state index in [1.165, 1.54) is 12.3 Å². The molecule has 0 fully saturated rings. The summed E-state index contributed by atoms with van der Waals surface area (Å²) < 4.78 is 4.93. The van der Waals surface area contributed by atoms with Crippen molar-refractivity contribution in [3.8, 4) is 18.2 Å². The van der Waals surface area contributed by atoms with Crippen molar-refractivity contribution in [2.45, 2.75) is 0 Å². The van der Waals surface area contributed by atoms with E-state index >= 15 is 0 Å². The van der Waals surface area contributed by atoms with Gasteiger partial charge < -0.3 is 9.84 Å². The molecule has 14 heavy (non-hydrogen) atoms. The molecular weight excluding hydrogens is 206 g/mol. The molecule has 1 aromatic rings. The lowest BCUT2D eigenvalue weighted by Gasteiger charge is -2.02. The first-order chi connectivity index (χ1) is 6.65. The molecule has 72 valence electrons. The number of hydrogen-bond donors (Lipinski definition) is 1. The van der Waals surface area contributed by atoms with E-state index < -0.39 is 5.97 Å². The van der Waals surface area contributed by atoms with Crippen molar-refractivity contribution in [2.75, 3.05) is 6.61 Å². The fourth-order valence-corrected chi connectivity index (χ4v) is 0.962. The van der Waals surface area contributed by atoms with E-state index in [1.54, 1.807) is 0 Å². The Labute approximate surface area is 85.5 Å². The van der Waals surface area contributed by atoms with Gasteiger partial charge >= 0.3 is 5.97 Å². The SMILES string of the molecule is C#CCOc1cc(C(=O)O)c(Cl)cn1. The summed E-state index contributed by atoms with van der Waals surface area (Å²) in [5, 5.41) is 8.77. The number of aromatic carboxylic acids is 1. The molecule has 0 saturated carbocycles. The lowest BCUT2D eigenvalue weighted by atomic mass is 10.3. The molecule has 0 aliphatic carbocycles. The van der Waals surface area contributed by atoms with Crippen molar-refractivity contribution < 1.29 is 14.6 Å². The van der Waals surface area contributed by atoms with Crippen LogP contribution in [0, 0.1) is 12.3 Å². The summed E-state index contributed by atoms with van der Waals surface area (Å²) in [7, 11) is 0. The number of halogens is 1. The fourth-order valence-electron chi connectivity index (χ4n) is 0.778. The van der Waals surface area contributed by atoms with Gasteiger partial charge in [0.25, 0.3) is 0 Å². The molecule has 0 aliphatic rings. The average molecular weight is 212 g/mol. The highest BCUT2D eigenvalue weighted by Crippen LogP contribution is 2.18. The van der Waals surface area contributed by atoms with E-state index in [-0.39, 0.29) is 23.1 Å². The first-order valence-electron chi connectivity index (χ1n) is 3.60. The number of carboxylic acid groups (broad SMARTS) is 1. The zero-order valence-electron chi connectivity index (χ0n) is 7.03. The molecule has 4 nitrogen and oxygen atoms in total. The quantitative estimate of drug-likeness (QED) is 0.769. The van der Waals surface area contributed by atoms with E-state index in [0.29, 0.717) is 0 Å². The van der Waals surface area contributed by atoms with Gasteiger partial charge in [-0.25, -0.2) is 9.78 Å². The maximum Gasteiger partial charge on any atom is 0.337 e. The average Bonchev–Trinajstić information content (AvgIpc) is 2.16. The molecule has 5 heteroatoms. The number of nitrogens with zero attached hydrogens (tertiary/aromatic N) is 1. The summed E-state index contributed by atoms with van der Waals surface area (Å²) in [5.74, 6) is 1.24. The highest BCUT2D eigenvalue weighted by atomic mass is 35.5. The second-order valence-corrected chi connectivity index (χ2v) is 2.71. The van der Waals surface area contributed by atoms with Gasteiger partial charge in [0.2, 0.25) is 5.88 Å². The van der Waals surface area contributed by atoms with Crippen LogP contribution >= 0.6 is 11.6 Å². The van der Waals surface area contributed by atoms with Crippen LogP contribution in [0.5, 0.6) is 5.88 Å². The minimum absolute atomic E-state index is 0.0354. The van der Waals surface area contributed by atoms with Crippen molar-refractivity contribution in [2.24, 2.45) is 0 Å². The van der Waals surface area contributed by atoms with Crippen LogP contribution < -0.4 is 4.74 Å². The van der Waals surface area contributed by atoms with Crippen molar-refractivity contribution in [1.82, 2.24) is 4.98 Å². The largest absolute Gasteiger partial charge is 0.478 e. The van der Waals surface area contributed by atoms with Gasteiger partial charge in [-0.05, 0) is 0 Å². The van der Waals surface area contributed by atoms with Gasteiger partial charge in [0.1, 0.15) is 0 Å². The third-order valence-corrected chi connectivity index (χ3v) is 1.67. The Balaban J connectivity index is 2.96. The summed E-state index contributed by atoms with van der Waals surface area (Å²) in [6, 6.07) is 1.22. The highest BCUT2D eigenvalue weighted by Gasteiger charge is 2.10. The summed E-state index contributed by atoms with van der Waals surface area (Å²) >= 11 is 5.59. The number of rotatable bonds is 3. The molecule has 1 aromatic heterocycles. The van der Waals surface area contributed by atoms with Crippen LogP contribution in [0.15, 0.2) is 12.3 Å². The van der Waals surface area contributed by atoms with Crippen LogP contribution in [0.3, 0.4) is 0 Å². The second-order valence-electron chi connectivity index (χ2n) is 2.30. The molecule has 0 bridgehead atoms. The van der Waals surface area contributed by atoms with Gasteiger partial charge in [-0.2, -0.15) is 0 Å². The molecule has 0 amide bonds. The van der Waals surface area contributed by atoms with Crippen molar-refractivity contribution in [3.05, 3.63) is 22.8 Å². The van der Waals surface area contributed by atoms with Crippen LogP contribution in [-0.4, -0.2) is 22.7 Å². The number of carbonyl (C=O) groups is 1. The van der Waals surface area contributed by atoms with Gasteiger partial charge in [-0.15, -0.1) is 6.42 Å². The molecule has 0 saturated heterocycles. The van der Waals surface area contributed by atoms with Gasteiger partial charge in [0, 0.05) is 6.07 Å².